The minimum Gasteiger partial charge on any atom is -0.317 e. The van der Waals surface area contributed by atoms with Gasteiger partial charge in [-0.15, -0.1) is 0 Å². The van der Waals surface area contributed by atoms with Crippen molar-refractivity contribution >= 4 is 0 Å². The topological polar surface area (TPSA) is 15.3 Å². The Morgan fingerprint density at radius 3 is 2.50 bits per heavy atom. The molecule has 1 aliphatic rings. The van der Waals surface area contributed by atoms with Crippen molar-refractivity contribution in [1.29, 1.82) is 0 Å². The van der Waals surface area contributed by atoms with Gasteiger partial charge in [-0.2, -0.15) is 0 Å². The van der Waals surface area contributed by atoms with Gasteiger partial charge in [0.25, 0.3) is 0 Å². The van der Waals surface area contributed by atoms with E-state index in [1.807, 2.05) is 0 Å². The highest BCUT2D eigenvalue weighted by atomic mass is 15.1. The first-order chi connectivity index (χ1) is 8.43. The third kappa shape index (κ3) is 4.24. The van der Waals surface area contributed by atoms with Crippen LogP contribution in [0, 0.1) is 11.3 Å². The zero-order valence-electron chi connectivity index (χ0n) is 13.4. The predicted octanol–water partition coefficient (Wildman–Crippen LogP) is 3.52. The van der Waals surface area contributed by atoms with Crippen molar-refractivity contribution in [2.45, 2.75) is 72.4 Å². The van der Waals surface area contributed by atoms with Crippen LogP contribution in [0.25, 0.3) is 0 Å². The molecule has 2 nitrogen and oxygen atoms in total. The Kier molecular flexibility index (Phi) is 6.13. The summed E-state index contributed by atoms with van der Waals surface area (Å²) in [5, 5.41) is 3.55. The van der Waals surface area contributed by atoms with Gasteiger partial charge in [0.2, 0.25) is 0 Å². The van der Waals surface area contributed by atoms with E-state index in [1.165, 1.54) is 38.8 Å². The van der Waals surface area contributed by atoms with Crippen LogP contribution in [0.3, 0.4) is 0 Å². The highest BCUT2D eigenvalue weighted by Crippen LogP contribution is 2.39. The summed E-state index contributed by atoms with van der Waals surface area (Å²) in [5.41, 5.74) is 0.535. The molecule has 1 rings (SSSR count). The van der Waals surface area contributed by atoms with E-state index in [9.17, 15) is 0 Å². The molecule has 1 fully saturated rings. The molecule has 0 bridgehead atoms. The van der Waals surface area contributed by atoms with Crippen molar-refractivity contribution < 1.29 is 0 Å². The second kappa shape index (κ2) is 6.91. The van der Waals surface area contributed by atoms with Crippen molar-refractivity contribution in [1.82, 2.24) is 10.2 Å². The molecule has 3 atom stereocenters. The van der Waals surface area contributed by atoms with Crippen molar-refractivity contribution in [3.63, 3.8) is 0 Å². The highest BCUT2D eigenvalue weighted by Gasteiger charge is 2.35. The summed E-state index contributed by atoms with van der Waals surface area (Å²) in [6.45, 7) is 14.3. The molecule has 0 saturated heterocycles. The lowest BCUT2D eigenvalue weighted by Crippen LogP contribution is -2.48. The Morgan fingerprint density at radius 2 is 2.00 bits per heavy atom. The molecule has 3 unspecified atom stereocenters. The third-order valence-electron chi connectivity index (χ3n) is 4.98. The van der Waals surface area contributed by atoms with Crippen molar-refractivity contribution in [3.8, 4) is 0 Å². The fourth-order valence-corrected chi connectivity index (χ4v) is 3.49. The van der Waals surface area contributed by atoms with Gasteiger partial charge in [0.1, 0.15) is 0 Å². The molecule has 0 aromatic heterocycles. The number of hydrogen-bond donors (Lipinski definition) is 1. The summed E-state index contributed by atoms with van der Waals surface area (Å²) < 4.78 is 0. The molecule has 0 aromatic rings. The van der Waals surface area contributed by atoms with Crippen LogP contribution in [-0.4, -0.2) is 37.1 Å². The first-order valence-corrected chi connectivity index (χ1v) is 7.84. The summed E-state index contributed by atoms with van der Waals surface area (Å²) in [6, 6.07) is 1.44. The first-order valence-electron chi connectivity index (χ1n) is 7.84. The second-order valence-electron chi connectivity index (χ2n) is 6.91. The van der Waals surface area contributed by atoms with E-state index in [2.05, 4.69) is 51.9 Å². The molecule has 0 heterocycles. The second-order valence-corrected chi connectivity index (χ2v) is 6.91. The van der Waals surface area contributed by atoms with E-state index in [0.29, 0.717) is 5.41 Å². The molecule has 18 heavy (non-hydrogen) atoms. The molecule has 108 valence electrons. The SMILES string of the molecule is CCC(C)N(CC)CC1CC(C)(C)CCC1NC. The van der Waals surface area contributed by atoms with Gasteiger partial charge in [-0.05, 0) is 57.5 Å². The Balaban J connectivity index is 2.65. The third-order valence-corrected chi connectivity index (χ3v) is 4.98. The molecule has 0 aliphatic heterocycles. The molecule has 0 spiro atoms. The van der Waals surface area contributed by atoms with E-state index in [0.717, 1.165) is 18.0 Å². The molecule has 2 heteroatoms. The summed E-state index contributed by atoms with van der Waals surface area (Å²) >= 11 is 0. The molecule has 0 aromatic carbocycles. The maximum Gasteiger partial charge on any atom is 0.0105 e. The van der Waals surface area contributed by atoms with Crippen LogP contribution in [0.1, 0.15) is 60.3 Å². The number of nitrogens with one attached hydrogen (secondary N) is 1. The van der Waals surface area contributed by atoms with Crippen molar-refractivity contribution in [3.05, 3.63) is 0 Å². The van der Waals surface area contributed by atoms with Crippen LogP contribution < -0.4 is 5.32 Å². The predicted molar refractivity (Wildman–Crippen MR) is 81.0 cm³/mol. The zero-order chi connectivity index (χ0) is 13.8. The maximum atomic E-state index is 3.55. The van der Waals surface area contributed by atoms with Crippen molar-refractivity contribution in [2.75, 3.05) is 20.1 Å². The van der Waals surface area contributed by atoms with E-state index < -0.39 is 0 Å². The Morgan fingerprint density at radius 1 is 1.33 bits per heavy atom. The summed E-state index contributed by atoms with van der Waals surface area (Å²) in [5.74, 6) is 0.813. The smallest absolute Gasteiger partial charge is 0.0105 e. The van der Waals surface area contributed by atoms with E-state index in [1.54, 1.807) is 0 Å². The number of rotatable bonds is 6. The molecule has 0 radical (unpaired) electrons. The van der Waals surface area contributed by atoms with E-state index in [-0.39, 0.29) is 0 Å². The van der Waals surface area contributed by atoms with Crippen LogP contribution in [-0.2, 0) is 0 Å². The lowest BCUT2D eigenvalue weighted by molar-refractivity contribution is 0.0887. The number of hydrogen-bond acceptors (Lipinski definition) is 2. The van der Waals surface area contributed by atoms with Gasteiger partial charge >= 0.3 is 0 Å². The van der Waals surface area contributed by atoms with Gasteiger partial charge < -0.3 is 10.2 Å². The van der Waals surface area contributed by atoms with Gasteiger partial charge in [0, 0.05) is 18.6 Å². The van der Waals surface area contributed by atoms with Crippen LogP contribution in [0.2, 0.25) is 0 Å². The lowest BCUT2D eigenvalue weighted by atomic mass is 9.69. The van der Waals surface area contributed by atoms with Gasteiger partial charge in [0.15, 0.2) is 0 Å². The standard InChI is InChI=1S/C16H34N2/c1-7-13(3)18(8-2)12-14-11-16(4,5)10-9-15(14)17-6/h13-15,17H,7-12H2,1-6H3. The van der Waals surface area contributed by atoms with E-state index >= 15 is 0 Å². The Hall–Kier alpha value is -0.0800. The van der Waals surface area contributed by atoms with Crippen LogP contribution in [0.5, 0.6) is 0 Å². The van der Waals surface area contributed by atoms with Crippen LogP contribution >= 0.6 is 0 Å². The Bertz CT molecular complexity index is 237. The van der Waals surface area contributed by atoms with Gasteiger partial charge in [-0.1, -0.05) is 27.7 Å². The fourth-order valence-electron chi connectivity index (χ4n) is 3.49. The normalized spacial score (nSPS) is 29.5. The Labute approximate surface area is 115 Å². The summed E-state index contributed by atoms with van der Waals surface area (Å²) in [7, 11) is 2.13. The maximum absolute atomic E-state index is 3.55. The molecule has 0 amide bonds. The van der Waals surface area contributed by atoms with E-state index in [4.69, 9.17) is 0 Å². The van der Waals surface area contributed by atoms with Gasteiger partial charge in [-0.3, -0.25) is 0 Å². The molecule has 1 N–H and O–H groups in total. The van der Waals surface area contributed by atoms with Crippen LogP contribution in [0.4, 0.5) is 0 Å². The fraction of sp³-hybridized carbons (Fsp3) is 1.00. The largest absolute Gasteiger partial charge is 0.317 e. The average molecular weight is 254 g/mol. The van der Waals surface area contributed by atoms with Gasteiger partial charge in [-0.25, -0.2) is 0 Å². The quantitative estimate of drug-likeness (QED) is 0.780. The van der Waals surface area contributed by atoms with Crippen molar-refractivity contribution in [2.24, 2.45) is 11.3 Å². The summed E-state index contributed by atoms with van der Waals surface area (Å²) in [6.07, 6.45) is 5.33. The summed E-state index contributed by atoms with van der Waals surface area (Å²) in [4.78, 5) is 2.66. The molecular weight excluding hydrogens is 220 g/mol. The van der Waals surface area contributed by atoms with Crippen LogP contribution in [0.15, 0.2) is 0 Å². The molecular formula is C16H34N2. The minimum absolute atomic E-state index is 0.535. The lowest BCUT2D eigenvalue weighted by Gasteiger charge is -2.43. The number of nitrogens with zero attached hydrogens (tertiary/aromatic N) is 1. The highest BCUT2D eigenvalue weighted by molar-refractivity contribution is 4.90. The molecule has 1 saturated carbocycles. The molecule has 1 aliphatic carbocycles. The monoisotopic (exact) mass is 254 g/mol. The average Bonchev–Trinajstić information content (AvgIpc) is 2.34. The minimum atomic E-state index is 0.535. The van der Waals surface area contributed by atoms with Gasteiger partial charge in [0.05, 0.1) is 0 Å². The zero-order valence-corrected chi connectivity index (χ0v) is 13.4. The first kappa shape index (κ1) is 16.0.